The van der Waals surface area contributed by atoms with Gasteiger partial charge in [-0.15, -0.1) is 0 Å². The number of aromatic nitrogens is 1. The molecule has 0 spiro atoms. The predicted molar refractivity (Wildman–Crippen MR) is 76.6 cm³/mol. The quantitative estimate of drug-likeness (QED) is 0.653. The Labute approximate surface area is 119 Å². The summed E-state index contributed by atoms with van der Waals surface area (Å²) in [5.41, 5.74) is 0.927. The van der Waals surface area contributed by atoms with Crippen LogP contribution in [0.25, 0.3) is 0 Å². The molecular weight excluding hydrogens is 258 g/mol. The van der Waals surface area contributed by atoms with E-state index in [0.29, 0.717) is 25.4 Å². The third-order valence-electron chi connectivity index (χ3n) is 2.66. The van der Waals surface area contributed by atoms with Crippen LogP contribution in [0.15, 0.2) is 18.3 Å². The van der Waals surface area contributed by atoms with Gasteiger partial charge in [-0.2, -0.15) is 0 Å². The molecule has 1 rings (SSSR count). The molecule has 1 amide bonds. The first-order valence-electron chi connectivity index (χ1n) is 6.70. The topological polar surface area (TPSA) is 72.5 Å². The second kappa shape index (κ2) is 9.28. The summed E-state index contributed by atoms with van der Waals surface area (Å²) in [6, 6.07) is 3.68. The molecule has 0 aliphatic carbocycles. The van der Waals surface area contributed by atoms with Crippen molar-refractivity contribution in [2.45, 2.75) is 26.0 Å². The average Bonchev–Trinajstić information content (AvgIpc) is 2.45. The Kier molecular flexibility index (Phi) is 7.60. The molecule has 0 aliphatic heterocycles. The smallest absolute Gasteiger partial charge is 0.260 e. The van der Waals surface area contributed by atoms with Crippen molar-refractivity contribution in [3.8, 4) is 5.75 Å². The standard InChI is InChI=1S/C14H23N3O3/c1-11(14(18)16-7-4-8-19-3)20-13-6-5-12(9-15-2)17-10-13/h5-6,10-11,15H,4,7-9H2,1-3H3,(H,16,18). The van der Waals surface area contributed by atoms with E-state index in [-0.39, 0.29) is 5.91 Å². The van der Waals surface area contributed by atoms with Gasteiger partial charge in [-0.05, 0) is 32.5 Å². The lowest BCUT2D eigenvalue weighted by atomic mass is 10.3. The van der Waals surface area contributed by atoms with E-state index in [4.69, 9.17) is 9.47 Å². The van der Waals surface area contributed by atoms with E-state index < -0.39 is 6.10 Å². The summed E-state index contributed by atoms with van der Waals surface area (Å²) in [6.45, 7) is 3.63. The zero-order chi connectivity index (χ0) is 14.8. The fourth-order valence-corrected chi connectivity index (χ4v) is 1.60. The van der Waals surface area contributed by atoms with Gasteiger partial charge in [0.1, 0.15) is 5.75 Å². The van der Waals surface area contributed by atoms with Gasteiger partial charge in [0.15, 0.2) is 6.10 Å². The lowest BCUT2D eigenvalue weighted by Crippen LogP contribution is -2.37. The fraction of sp³-hybridized carbons (Fsp3) is 0.571. The van der Waals surface area contributed by atoms with Crippen molar-refractivity contribution in [3.05, 3.63) is 24.0 Å². The van der Waals surface area contributed by atoms with E-state index in [1.807, 2.05) is 19.2 Å². The number of hydrogen-bond donors (Lipinski definition) is 2. The molecule has 0 radical (unpaired) electrons. The molecule has 1 aromatic rings. The molecule has 6 nitrogen and oxygen atoms in total. The summed E-state index contributed by atoms with van der Waals surface area (Å²) in [4.78, 5) is 16.0. The molecule has 1 heterocycles. The minimum Gasteiger partial charge on any atom is -0.479 e. The molecule has 2 N–H and O–H groups in total. The molecule has 1 unspecified atom stereocenters. The van der Waals surface area contributed by atoms with Crippen LogP contribution in [0.2, 0.25) is 0 Å². The van der Waals surface area contributed by atoms with Gasteiger partial charge in [-0.3, -0.25) is 9.78 Å². The summed E-state index contributed by atoms with van der Waals surface area (Å²) < 4.78 is 10.5. The maximum Gasteiger partial charge on any atom is 0.260 e. The Morgan fingerprint density at radius 1 is 1.45 bits per heavy atom. The van der Waals surface area contributed by atoms with E-state index in [1.165, 1.54) is 0 Å². The van der Waals surface area contributed by atoms with Crippen LogP contribution >= 0.6 is 0 Å². The largest absolute Gasteiger partial charge is 0.479 e. The van der Waals surface area contributed by atoms with Gasteiger partial charge in [0.05, 0.1) is 11.9 Å². The Hall–Kier alpha value is -1.66. The molecule has 0 saturated carbocycles. The van der Waals surface area contributed by atoms with E-state index in [0.717, 1.165) is 12.1 Å². The van der Waals surface area contributed by atoms with Crippen molar-refractivity contribution in [1.29, 1.82) is 0 Å². The normalized spacial score (nSPS) is 11.9. The minimum absolute atomic E-state index is 0.139. The van der Waals surface area contributed by atoms with Crippen LogP contribution in [0.4, 0.5) is 0 Å². The van der Waals surface area contributed by atoms with E-state index in [1.54, 1.807) is 20.2 Å². The highest BCUT2D eigenvalue weighted by molar-refractivity contribution is 5.80. The summed E-state index contributed by atoms with van der Waals surface area (Å²) in [5, 5.41) is 5.81. The van der Waals surface area contributed by atoms with Crippen LogP contribution in [0.5, 0.6) is 5.75 Å². The molecule has 1 atom stereocenters. The SMILES string of the molecule is CNCc1ccc(OC(C)C(=O)NCCCOC)cn1. The van der Waals surface area contributed by atoms with Crippen molar-refractivity contribution in [2.24, 2.45) is 0 Å². The van der Waals surface area contributed by atoms with Gasteiger partial charge >= 0.3 is 0 Å². The molecule has 0 bridgehead atoms. The van der Waals surface area contributed by atoms with Crippen LogP contribution in [0, 0.1) is 0 Å². The van der Waals surface area contributed by atoms with Gasteiger partial charge in [0, 0.05) is 26.8 Å². The highest BCUT2D eigenvalue weighted by atomic mass is 16.5. The molecule has 1 aromatic heterocycles. The van der Waals surface area contributed by atoms with Crippen LogP contribution in [-0.4, -0.2) is 44.3 Å². The predicted octanol–water partition coefficient (Wildman–Crippen LogP) is 0.721. The summed E-state index contributed by atoms with van der Waals surface area (Å²) in [5.74, 6) is 0.449. The number of nitrogens with zero attached hydrogens (tertiary/aromatic N) is 1. The molecule has 20 heavy (non-hydrogen) atoms. The second-order valence-corrected chi connectivity index (χ2v) is 4.41. The second-order valence-electron chi connectivity index (χ2n) is 4.41. The van der Waals surface area contributed by atoms with Gasteiger partial charge < -0.3 is 20.1 Å². The number of carbonyl (C=O) groups is 1. The number of carbonyl (C=O) groups excluding carboxylic acids is 1. The molecule has 0 aromatic carbocycles. The summed E-state index contributed by atoms with van der Waals surface area (Å²) in [7, 11) is 3.50. The van der Waals surface area contributed by atoms with Crippen molar-refractivity contribution < 1.29 is 14.3 Å². The van der Waals surface area contributed by atoms with Crippen LogP contribution in [0.1, 0.15) is 19.0 Å². The van der Waals surface area contributed by atoms with Crippen LogP contribution < -0.4 is 15.4 Å². The monoisotopic (exact) mass is 281 g/mol. The Morgan fingerprint density at radius 2 is 2.25 bits per heavy atom. The minimum atomic E-state index is -0.547. The first kappa shape index (κ1) is 16.4. The molecule has 0 fully saturated rings. The number of ether oxygens (including phenoxy) is 2. The van der Waals surface area contributed by atoms with Crippen LogP contribution in [-0.2, 0) is 16.1 Å². The zero-order valence-electron chi connectivity index (χ0n) is 12.3. The number of amides is 1. The average molecular weight is 281 g/mol. The van der Waals surface area contributed by atoms with Crippen molar-refractivity contribution in [1.82, 2.24) is 15.6 Å². The third-order valence-corrected chi connectivity index (χ3v) is 2.66. The first-order chi connectivity index (χ1) is 9.67. The molecule has 6 heteroatoms. The number of rotatable bonds is 9. The summed E-state index contributed by atoms with van der Waals surface area (Å²) in [6.07, 6.45) is 1.87. The van der Waals surface area contributed by atoms with E-state index in [9.17, 15) is 4.79 Å². The number of methoxy groups -OCH3 is 1. The zero-order valence-corrected chi connectivity index (χ0v) is 12.3. The van der Waals surface area contributed by atoms with Gasteiger partial charge in [-0.25, -0.2) is 0 Å². The van der Waals surface area contributed by atoms with E-state index >= 15 is 0 Å². The Bertz CT molecular complexity index is 395. The van der Waals surface area contributed by atoms with Gasteiger partial charge in [-0.1, -0.05) is 0 Å². The van der Waals surface area contributed by atoms with Crippen LogP contribution in [0.3, 0.4) is 0 Å². The maximum absolute atomic E-state index is 11.8. The van der Waals surface area contributed by atoms with Gasteiger partial charge in [0.25, 0.3) is 5.91 Å². The summed E-state index contributed by atoms with van der Waals surface area (Å²) >= 11 is 0. The number of pyridine rings is 1. The lowest BCUT2D eigenvalue weighted by Gasteiger charge is -2.14. The fourth-order valence-electron chi connectivity index (χ4n) is 1.60. The van der Waals surface area contributed by atoms with Gasteiger partial charge in [0.2, 0.25) is 0 Å². The Balaban J connectivity index is 2.36. The van der Waals surface area contributed by atoms with Crippen molar-refractivity contribution >= 4 is 5.91 Å². The molecule has 0 saturated heterocycles. The number of nitrogens with one attached hydrogen (secondary N) is 2. The Morgan fingerprint density at radius 3 is 2.85 bits per heavy atom. The maximum atomic E-state index is 11.8. The third kappa shape index (κ3) is 5.99. The molecule has 112 valence electrons. The molecule has 0 aliphatic rings. The highest BCUT2D eigenvalue weighted by Gasteiger charge is 2.13. The van der Waals surface area contributed by atoms with Crippen molar-refractivity contribution in [2.75, 3.05) is 27.3 Å². The number of hydrogen-bond acceptors (Lipinski definition) is 5. The first-order valence-corrected chi connectivity index (χ1v) is 6.70. The van der Waals surface area contributed by atoms with E-state index in [2.05, 4.69) is 15.6 Å². The van der Waals surface area contributed by atoms with Crippen molar-refractivity contribution in [3.63, 3.8) is 0 Å². The lowest BCUT2D eigenvalue weighted by molar-refractivity contribution is -0.127. The highest BCUT2D eigenvalue weighted by Crippen LogP contribution is 2.11. The molecular formula is C14H23N3O3.